The van der Waals surface area contributed by atoms with E-state index in [0.717, 1.165) is 18.2 Å². The number of nitrogens with one attached hydrogen (secondary N) is 2. The van der Waals surface area contributed by atoms with Crippen molar-refractivity contribution < 1.29 is 22.8 Å². The number of ketones is 1. The lowest BCUT2D eigenvalue weighted by atomic mass is 10.1. The van der Waals surface area contributed by atoms with E-state index in [1.807, 2.05) is 0 Å². The number of fused-ring (bicyclic) bond motifs is 1. The van der Waals surface area contributed by atoms with Gasteiger partial charge in [0.1, 0.15) is 22.8 Å². The third-order valence-electron chi connectivity index (χ3n) is 4.22. The number of carbonyl (C=O) groups excluding carboxylic acids is 2. The Labute approximate surface area is 173 Å². The molecule has 7 nitrogen and oxygen atoms in total. The van der Waals surface area contributed by atoms with Crippen LogP contribution in [0.25, 0.3) is 11.0 Å². The molecule has 0 bridgehead atoms. The average Bonchev–Trinajstić information content (AvgIpc) is 2.76. The highest BCUT2D eigenvalue weighted by Gasteiger charge is 2.21. The topological polar surface area (TPSA) is 96.9 Å². The standard InChI is InChI=1S/C21H12F3N5O2/c22-11-1-3-13(4-2-11)28-21(31)29-16-8-12(23)7-14(19(16)24)20(30)17-9-15-18(10-27-17)26-6-5-25-15/h1-10H,(H2,28,29,31). The second-order valence-electron chi connectivity index (χ2n) is 6.34. The minimum absolute atomic E-state index is 0.167. The van der Waals surface area contributed by atoms with Gasteiger partial charge in [-0.1, -0.05) is 0 Å². The fraction of sp³-hybridized carbons (Fsp3) is 0. The van der Waals surface area contributed by atoms with Gasteiger partial charge in [-0.2, -0.15) is 0 Å². The number of nitrogens with zero attached hydrogens (tertiary/aromatic N) is 3. The Morgan fingerprint density at radius 1 is 0.774 bits per heavy atom. The summed E-state index contributed by atoms with van der Waals surface area (Å²) in [6.45, 7) is 0. The van der Waals surface area contributed by atoms with Gasteiger partial charge >= 0.3 is 6.03 Å². The van der Waals surface area contributed by atoms with Gasteiger partial charge in [-0.15, -0.1) is 0 Å². The van der Waals surface area contributed by atoms with Gasteiger partial charge in [0, 0.05) is 24.1 Å². The maximum atomic E-state index is 14.9. The largest absolute Gasteiger partial charge is 0.323 e. The highest BCUT2D eigenvalue weighted by molar-refractivity contribution is 6.10. The fourth-order valence-corrected chi connectivity index (χ4v) is 2.79. The second-order valence-corrected chi connectivity index (χ2v) is 6.34. The third kappa shape index (κ3) is 4.32. The van der Waals surface area contributed by atoms with Crippen molar-refractivity contribution in [3.8, 4) is 0 Å². The van der Waals surface area contributed by atoms with Crippen LogP contribution in [-0.2, 0) is 0 Å². The fourth-order valence-electron chi connectivity index (χ4n) is 2.79. The summed E-state index contributed by atoms with van der Waals surface area (Å²) in [6.07, 6.45) is 4.16. The van der Waals surface area contributed by atoms with Crippen LogP contribution < -0.4 is 10.6 Å². The molecule has 2 heterocycles. The summed E-state index contributed by atoms with van der Waals surface area (Å²) in [6, 6.07) is 6.67. The number of halogens is 3. The molecule has 2 aromatic carbocycles. The molecule has 0 aliphatic carbocycles. The molecular weight excluding hydrogens is 411 g/mol. The first-order valence-corrected chi connectivity index (χ1v) is 8.85. The van der Waals surface area contributed by atoms with Crippen LogP contribution in [0.3, 0.4) is 0 Å². The van der Waals surface area contributed by atoms with E-state index in [1.165, 1.54) is 36.8 Å². The van der Waals surface area contributed by atoms with E-state index in [-0.39, 0.29) is 11.4 Å². The van der Waals surface area contributed by atoms with Crippen LogP contribution in [0.5, 0.6) is 0 Å². The van der Waals surface area contributed by atoms with Crippen molar-refractivity contribution in [1.82, 2.24) is 15.0 Å². The Kier molecular flexibility index (Phi) is 5.27. The van der Waals surface area contributed by atoms with Crippen LogP contribution in [-0.4, -0.2) is 26.8 Å². The molecule has 0 radical (unpaired) electrons. The number of benzene rings is 2. The quantitative estimate of drug-likeness (QED) is 0.477. The summed E-state index contributed by atoms with van der Waals surface area (Å²) >= 11 is 0. The van der Waals surface area contributed by atoms with Crippen molar-refractivity contribution in [2.75, 3.05) is 10.6 Å². The van der Waals surface area contributed by atoms with Gasteiger partial charge in [0.25, 0.3) is 0 Å². The number of pyridine rings is 1. The Morgan fingerprint density at radius 2 is 1.48 bits per heavy atom. The van der Waals surface area contributed by atoms with Gasteiger partial charge in [-0.3, -0.25) is 19.7 Å². The molecule has 2 N–H and O–H groups in total. The predicted molar refractivity (Wildman–Crippen MR) is 106 cm³/mol. The smallest absolute Gasteiger partial charge is 0.308 e. The summed E-state index contributed by atoms with van der Waals surface area (Å²) in [7, 11) is 0. The zero-order valence-electron chi connectivity index (χ0n) is 15.6. The molecule has 2 amide bonds. The monoisotopic (exact) mass is 423 g/mol. The molecule has 0 saturated carbocycles. The summed E-state index contributed by atoms with van der Waals surface area (Å²) in [5.74, 6) is -3.48. The molecule has 0 aliphatic rings. The Bertz CT molecular complexity index is 1310. The van der Waals surface area contributed by atoms with E-state index < -0.39 is 40.5 Å². The lowest BCUT2D eigenvalue weighted by Crippen LogP contribution is -2.21. The SMILES string of the molecule is O=C(Nc1ccc(F)cc1)Nc1cc(F)cc(C(=O)c2cc3nccnc3cn2)c1F. The zero-order valence-corrected chi connectivity index (χ0v) is 15.6. The van der Waals surface area contributed by atoms with Crippen molar-refractivity contribution in [3.05, 3.63) is 89.8 Å². The number of anilines is 2. The minimum Gasteiger partial charge on any atom is -0.308 e. The number of hydrogen-bond acceptors (Lipinski definition) is 5. The predicted octanol–water partition coefficient (Wildman–Crippen LogP) is 4.32. The Morgan fingerprint density at radius 3 is 2.23 bits per heavy atom. The highest BCUT2D eigenvalue weighted by atomic mass is 19.1. The summed E-state index contributed by atoms with van der Waals surface area (Å²) in [5, 5.41) is 4.48. The summed E-state index contributed by atoms with van der Waals surface area (Å²) in [4.78, 5) is 36.9. The number of aromatic nitrogens is 3. The minimum atomic E-state index is -1.14. The van der Waals surface area contributed by atoms with Crippen molar-refractivity contribution in [2.24, 2.45) is 0 Å². The lowest BCUT2D eigenvalue weighted by Gasteiger charge is -2.11. The van der Waals surface area contributed by atoms with Gasteiger partial charge in [-0.05, 0) is 36.4 Å². The second kappa shape index (κ2) is 8.19. The molecule has 0 unspecified atom stereocenters. The summed E-state index contributed by atoms with van der Waals surface area (Å²) in [5.41, 5.74) is -0.322. The molecule has 4 aromatic rings. The Hall–Kier alpha value is -4.34. The number of rotatable bonds is 4. The van der Waals surface area contributed by atoms with Gasteiger partial charge in [0.15, 0.2) is 5.82 Å². The van der Waals surface area contributed by atoms with E-state index in [2.05, 4.69) is 25.6 Å². The van der Waals surface area contributed by atoms with Crippen LogP contribution >= 0.6 is 0 Å². The molecule has 31 heavy (non-hydrogen) atoms. The molecule has 2 aromatic heterocycles. The molecule has 0 fully saturated rings. The first-order valence-electron chi connectivity index (χ1n) is 8.85. The highest BCUT2D eigenvalue weighted by Crippen LogP contribution is 2.23. The van der Waals surface area contributed by atoms with Crippen LogP contribution in [0.2, 0.25) is 0 Å². The normalized spacial score (nSPS) is 10.7. The maximum Gasteiger partial charge on any atom is 0.323 e. The first-order chi connectivity index (χ1) is 14.9. The molecule has 154 valence electrons. The van der Waals surface area contributed by atoms with Crippen LogP contribution in [0.15, 0.2) is 61.1 Å². The summed E-state index contributed by atoms with van der Waals surface area (Å²) < 4.78 is 42.0. The van der Waals surface area contributed by atoms with E-state index in [0.29, 0.717) is 17.1 Å². The van der Waals surface area contributed by atoms with Crippen molar-refractivity contribution in [3.63, 3.8) is 0 Å². The molecule has 0 spiro atoms. The molecule has 10 heteroatoms. The molecule has 0 aliphatic heterocycles. The average molecular weight is 423 g/mol. The first kappa shape index (κ1) is 20.0. The number of amides is 2. The molecular formula is C21H12F3N5O2. The maximum absolute atomic E-state index is 14.9. The van der Waals surface area contributed by atoms with Gasteiger partial charge in [0.05, 0.1) is 23.0 Å². The Balaban J connectivity index is 1.61. The van der Waals surface area contributed by atoms with E-state index in [9.17, 15) is 22.8 Å². The van der Waals surface area contributed by atoms with Crippen molar-refractivity contribution in [2.45, 2.75) is 0 Å². The van der Waals surface area contributed by atoms with Crippen LogP contribution in [0, 0.1) is 17.5 Å². The van der Waals surface area contributed by atoms with Gasteiger partial charge in [0.2, 0.25) is 5.78 Å². The molecule has 0 atom stereocenters. The number of urea groups is 1. The third-order valence-corrected chi connectivity index (χ3v) is 4.22. The van der Waals surface area contributed by atoms with E-state index in [4.69, 9.17) is 0 Å². The van der Waals surface area contributed by atoms with Crippen molar-refractivity contribution >= 4 is 34.2 Å². The van der Waals surface area contributed by atoms with Crippen LogP contribution in [0.4, 0.5) is 29.3 Å². The van der Waals surface area contributed by atoms with Gasteiger partial charge < -0.3 is 10.6 Å². The lowest BCUT2D eigenvalue weighted by molar-refractivity contribution is 0.103. The van der Waals surface area contributed by atoms with E-state index in [1.54, 1.807) is 0 Å². The zero-order chi connectivity index (χ0) is 22.0. The number of hydrogen-bond donors (Lipinski definition) is 2. The molecule has 4 rings (SSSR count). The molecule has 0 saturated heterocycles. The van der Waals surface area contributed by atoms with Crippen molar-refractivity contribution in [1.29, 1.82) is 0 Å². The van der Waals surface area contributed by atoms with Crippen LogP contribution in [0.1, 0.15) is 16.1 Å². The number of carbonyl (C=O) groups is 2. The van der Waals surface area contributed by atoms with Gasteiger partial charge in [-0.25, -0.2) is 18.0 Å². The van der Waals surface area contributed by atoms with E-state index >= 15 is 0 Å².